The summed E-state index contributed by atoms with van der Waals surface area (Å²) in [5, 5.41) is 11.2. The van der Waals surface area contributed by atoms with Crippen molar-refractivity contribution in [1.82, 2.24) is 20.0 Å². The number of carbonyl (C=O) groups is 1. The largest absolute Gasteiger partial charge is 0.446 e. The van der Waals surface area contributed by atoms with E-state index < -0.39 is 5.51 Å². The highest BCUT2D eigenvalue weighted by Crippen LogP contribution is 2.37. The minimum absolute atomic E-state index is 0. The first-order valence-electron chi connectivity index (χ1n) is 10.4. The Balaban J connectivity index is 0.00000324. The number of nitrogens with one attached hydrogen (secondary N) is 1. The molecule has 3 aromatic rings. The number of halogens is 3. The van der Waals surface area contributed by atoms with Gasteiger partial charge in [0.05, 0.1) is 29.3 Å². The van der Waals surface area contributed by atoms with Crippen LogP contribution in [0.2, 0.25) is 0 Å². The molecule has 0 aliphatic carbocycles. The molecule has 1 amide bonds. The summed E-state index contributed by atoms with van der Waals surface area (Å²) in [5.41, 5.74) is 0.476. The maximum absolute atomic E-state index is 12.6. The first-order valence-corrected chi connectivity index (χ1v) is 11.2. The van der Waals surface area contributed by atoms with Gasteiger partial charge in [0, 0.05) is 23.8 Å². The van der Waals surface area contributed by atoms with Crippen molar-refractivity contribution in [1.29, 1.82) is 0 Å². The molecule has 7 nitrogen and oxygen atoms in total. The Bertz CT molecular complexity index is 1180. The van der Waals surface area contributed by atoms with E-state index >= 15 is 0 Å². The molecule has 34 heavy (non-hydrogen) atoms. The van der Waals surface area contributed by atoms with Crippen molar-refractivity contribution < 1.29 is 18.0 Å². The third kappa shape index (κ3) is 6.03. The molecule has 2 aromatic heterocycles. The van der Waals surface area contributed by atoms with Gasteiger partial charge in [-0.3, -0.25) is 9.78 Å². The molecule has 182 valence electrons. The van der Waals surface area contributed by atoms with Gasteiger partial charge in [-0.05, 0) is 62.2 Å². The highest BCUT2D eigenvalue weighted by Gasteiger charge is 2.30. The summed E-state index contributed by atoms with van der Waals surface area (Å²) in [6, 6.07) is 8.03. The second kappa shape index (κ2) is 10.3. The second-order valence-corrected chi connectivity index (χ2v) is 9.11. The Hall–Kier alpha value is -2.73. The molecule has 0 fully saturated rings. The smallest absolute Gasteiger partial charge is 0.361 e. The number of nitrogens with zero attached hydrogens (tertiary/aromatic N) is 5. The molecule has 3 heterocycles. The molecule has 0 spiro atoms. The monoisotopic (exact) mass is 510 g/mol. The molecule has 0 unspecified atom stereocenters. The summed E-state index contributed by atoms with van der Waals surface area (Å²) in [5.74, 6) is -0.0539. The molecular formula is C22H25F3N6OS2. The van der Waals surface area contributed by atoms with Crippen LogP contribution in [-0.2, 0) is 24.2 Å². The molecule has 0 radical (unpaired) electrons. The number of rotatable bonds is 6. The first-order chi connectivity index (χ1) is 15.6. The van der Waals surface area contributed by atoms with E-state index in [1.165, 1.54) is 12.1 Å². The van der Waals surface area contributed by atoms with Gasteiger partial charge in [-0.15, -0.1) is 5.10 Å². The topological polar surface area (TPSA) is 75.9 Å². The molecular weight excluding hydrogens is 485 g/mol. The van der Waals surface area contributed by atoms with Gasteiger partial charge in [0.25, 0.3) is 0 Å². The zero-order valence-corrected chi connectivity index (χ0v) is 20.7. The number of hydrogen-bond donors (Lipinski definition) is 1. The van der Waals surface area contributed by atoms with Crippen LogP contribution in [0.25, 0.3) is 0 Å². The minimum Gasteiger partial charge on any atom is -0.361 e. The summed E-state index contributed by atoms with van der Waals surface area (Å²) in [6.07, 6.45) is 3.05. The van der Waals surface area contributed by atoms with Crippen molar-refractivity contribution in [3.8, 4) is 0 Å². The maximum atomic E-state index is 12.6. The molecule has 12 heteroatoms. The number of likely N-dealkylation sites (N-methyl/N-ethyl adjacent to an activating group) is 1. The van der Waals surface area contributed by atoms with Crippen molar-refractivity contribution in [2.24, 2.45) is 0 Å². The number of amides is 1. The number of anilines is 2. The van der Waals surface area contributed by atoms with Crippen LogP contribution in [-0.4, -0.2) is 44.5 Å². The van der Waals surface area contributed by atoms with E-state index in [0.717, 1.165) is 28.5 Å². The van der Waals surface area contributed by atoms with Gasteiger partial charge in [0.2, 0.25) is 5.91 Å². The fourth-order valence-corrected chi connectivity index (χ4v) is 4.33. The Morgan fingerprint density at radius 3 is 2.65 bits per heavy atom. The Morgan fingerprint density at radius 2 is 1.91 bits per heavy atom. The van der Waals surface area contributed by atoms with E-state index in [0.29, 0.717) is 24.9 Å². The molecule has 0 bridgehead atoms. The third-order valence-electron chi connectivity index (χ3n) is 5.52. The van der Waals surface area contributed by atoms with Crippen molar-refractivity contribution in [2.75, 3.05) is 17.3 Å². The van der Waals surface area contributed by atoms with Gasteiger partial charge in [-0.25, -0.2) is 4.68 Å². The zero-order valence-electron chi connectivity index (χ0n) is 18.8. The molecule has 1 N–H and O–H groups in total. The van der Waals surface area contributed by atoms with E-state index in [1.54, 1.807) is 23.0 Å². The number of fused-ring (bicyclic) bond motifs is 1. The number of aryl methyl sites for hydroxylation is 3. The van der Waals surface area contributed by atoms with E-state index in [-0.39, 0.29) is 42.1 Å². The standard InChI is InChI=1S/C22H23F3N6OS.H2S/c1-13-20-19(30(3)14(2)21(32)27-20)10-16(26-13)7-8-17-12-31(29-28-17)11-15-5-4-6-18(9-15)33-22(23,24)25;/h4-6,9-10,12,14H,7-8,11H2,1-3H3,(H,27,32);1H2/t14-;/m0./s1. The predicted molar refractivity (Wildman–Crippen MR) is 131 cm³/mol. The fourth-order valence-electron chi connectivity index (χ4n) is 3.71. The highest BCUT2D eigenvalue weighted by molar-refractivity contribution is 8.00. The van der Waals surface area contributed by atoms with Gasteiger partial charge in [-0.1, -0.05) is 17.3 Å². The van der Waals surface area contributed by atoms with Crippen molar-refractivity contribution in [2.45, 2.75) is 49.7 Å². The number of thioether (sulfide) groups is 1. The van der Waals surface area contributed by atoms with Crippen LogP contribution in [0.4, 0.5) is 24.5 Å². The summed E-state index contributed by atoms with van der Waals surface area (Å²) < 4.78 is 39.5. The Morgan fingerprint density at radius 1 is 1.18 bits per heavy atom. The normalized spacial score (nSPS) is 15.5. The van der Waals surface area contributed by atoms with E-state index in [9.17, 15) is 18.0 Å². The maximum Gasteiger partial charge on any atom is 0.446 e. The lowest BCUT2D eigenvalue weighted by Crippen LogP contribution is -2.44. The lowest BCUT2D eigenvalue weighted by molar-refractivity contribution is -0.117. The lowest BCUT2D eigenvalue weighted by Gasteiger charge is -2.34. The average molecular weight is 511 g/mol. The number of carbonyl (C=O) groups excluding carboxylic acids is 1. The average Bonchev–Trinajstić information content (AvgIpc) is 3.18. The van der Waals surface area contributed by atoms with Crippen molar-refractivity contribution >= 4 is 42.5 Å². The van der Waals surface area contributed by atoms with Gasteiger partial charge in [0.15, 0.2) is 0 Å². The van der Waals surface area contributed by atoms with Crippen molar-refractivity contribution in [3.63, 3.8) is 0 Å². The molecule has 4 rings (SSSR count). The van der Waals surface area contributed by atoms with Crippen LogP contribution in [0.3, 0.4) is 0 Å². The van der Waals surface area contributed by atoms with Gasteiger partial charge in [0.1, 0.15) is 6.04 Å². The van der Waals surface area contributed by atoms with Crippen LogP contribution < -0.4 is 10.2 Å². The predicted octanol–water partition coefficient (Wildman–Crippen LogP) is 4.32. The van der Waals surface area contributed by atoms with Gasteiger partial charge < -0.3 is 10.2 Å². The van der Waals surface area contributed by atoms with Crippen LogP contribution in [0.5, 0.6) is 0 Å². The summed E-state index contributed by atoms with van der Waals surface area (Å²) in [4.78, 5) is 18.8. The molecule has 1 aromatic carbocycles. The quantitative estimate of drug-likeness (QED) is 0.498. The number of aromatic nitrogens is 4. The van der Waals surface area contributed by atoms with Crippen LogP contribution in [0, 0.1) is 6.92 Å². The van der Waals surface area contributed by atoms with E-state index in [2.05, 4.69) is 20.6 Å². The molecule has 1 atom stereocenters. The second-order valence-electron chi connectivity index (χ2n) is 7.97. The first kappa shape index (κ1) is 25.9. The van der Waals surface area contributed by atoms with Crippen LogP contribution >= 0.6 is 25.3 Å². The number of alkyl halides is 3. The van der Waals surface area contributed by atoms with E-state index in [4.69, 9.17) is 0 Å². The van der Waals surface area contributed by atoms with Crippen molar-refractivity contribution in [3.05, 3.63) is 59.2 Å². The number of benzene rings is 1. The Kier molecular flexibility index (Phi) is 7.81. The van der Waals surface area contributed by atoms with Gasteiger partial charge >= 0.3 is 5.51 Å². The summed E-state index contributed by atoms with van der Waals surface area (Å²) in [7, 11) is 1.89. The number of hydrogen-bond acceptors (Lipinski definition) is 6. The van der Waals surface area contributed by atoms with E-state index in [1.807, 2.05) is 31.9 Å². The SMILES string of the molecule is Cc1nc(CCc2cn(Cc3cccc(SC(F)(F)F)c3)nn2)cc2c1NC(=O)[C@H](C)N2C.S. The van der Waals surface area contributed by atoms with Crippen LogP contribution in [0.15, 0.2) is 41.4 Å². The third-order valence-corrected chi connectivity index (χ3v) is 6.24. The highest BCUT2D eigenvalue weighted by atomic mass is 32.2. The molecule has 0 saturated carbocycles. The number of pyridine rings is 1. The summed E-state index contributed by atoms with van der Waals surface area (Å²) in [6.45, 7) is 4.05. The fraction of sp³-hybridized carbons (Fsp3) is 0.364. The molecule has 1 aliphatic heterocycles. The lowest BCUT2D eigenvalue weighted by atomic mass is 10.1. The minimum atomic E-state index is -4.32. The molecule has 0 saturated heterocycles. The van der Waals surface area contributed by atoms with Crippen LogP contribution in [0.1, 0.15) is 29.6 Å². The zero-order chi connectivity index (χ0) is 23.8. The Labute approximate surface area is 206 Å². The van der Waals surface area contributed by atoms with Gasteiger partial charge in [-0.2, -0.15) is 26.7 Å². The molecule has 1 aliphatic rings. The summed E-state index contributed by atoms with van der Waals surface area (Å²) >= 11 is -0.131.